The van der Waals surface area contributed by atoms with E-state index in [1.54, 1.807) is 36.2 Å². The normalized spacial score (nSPS) is 12.6. The number of nitrogens with two attached hydrogens (primary N) is 1. The van der Waals surface area contributed by atoms with E-state index in [9.17, 15) is 9.59 Å². The number of benzene rings is 1. The van der Waals surface area contributed by atoms with E-state index >= 15 is 0 Å². The molecule has 3 rings (SSSR count). The maximum atomic E-state index is 11.4. The molecule has 0 saturated carbocycles. The molecule has 2 aromatic rings. The van der Waals surface area contributed by atoms with Crippen LogP contribution < -0.4 is 11.1 Å². The van der Waals surface area contributed by atoms with Crippen LogP contribution in [-0.4, -0.2) is 40.3 Å². The number of fused-ring (bicyclic) bond motifs is 1. The molecule has 1 amide bonds. The second-order valence-corrected chi connectivity index (χ2v) is 4.79. The Morgan fingerprint density at radius 1 is 1.30 bits per heavy atom. The Morgan fingerprint density at radius 3 is 2.87 bits per heavy atom. The van der Waals surface area contributed by atoms with Crippen molar-refractivity contribution in [1.29, 1.82) is 0 Å². The number of hydrogen-bond acceptors (Lipinski definition) is 7. The number of nitrogens with one attached hydrogen (secondary N) is 1. The molecule has 0 unspecified atom stereocenters. The van der Waals surface area contributed by atoms with Crippen LogP contribution >= 0.6 is 0 Å². The molecule has 0 saturated heterocycles. The molecule has 1 aliphatic heterocycles. The zero-order chi connectivity index (χ0) is 16.4. The number of aliphatic imine (C=N–C) groups is 1. The summed E-state index contributed by atoms with van der Waals surface area (Å²) in [5.74, 6) is 1.22. The van der Waals surface area contributed by atoms with Crippen LogP contribution in [0.1, 0.15) is 16.1 Å². The fraction of sp³-hybridized carbons (Fsp3) is 0.0667. The molecule has 1 aliphatic rings. The molecule has 0 atom stereocenters. The van der Waals surface area contributed by atoms with Gasteiger partial charge in [0.15, 0.2) is 11.6 Å². The zero-order valence-corrected chi connectivity index (χ0v) is 12.1. The fourth-order valence-corrected chi connectivity index (χ4v) is 2.25. The summed E-state index contributed by atoms with van der Waals surface area (Å²) in [5, 5.41) is 10.4. The van der Waals surface area contributed by atoms with Crippen LogP contribution in [0, 0.1) is 0 Å². The molecule has 0 aliphatic carbocycles. The van der Waals surface area contributed by atoms with Crippen molar-refractivity contribution < 1.29 is 9.59 Å². The lowest BCUT2D eigenvalue weighted by Gasteiger charge is -2.22. The molecule has 2 heterocycles. The van der Waals surface area contributed by atoms with E-state index in [4.69, 9.17) is 5.73 Å². The predicted molar refractivity (Wildman–Crippen MR) is 85.3 cm³/mol. The minimum absolute atomic E-state index is 0.0214. The van der Waals surface area contributed by atoms with Crippen molar-refractivity contribution >= 4 is 40.9 Å². The number of primary amides is 1. The summed E-state index contributed by atoms with van der Waals surface area (Å²) in [6.45, 7) is 0. The highest BCUT2D eigenvalue weighted by molar-refractivity contribution is 6.02. The standard InChI is InChI=1S/C15H12N6O2/c1-21-8-17-13-9(12(21)7-22)3-2-4-10(13)19-11-5-6-18-20-14(11)15(16)23/h2-6,8H,1H3,(H2,16,23)(H,18,19). The monoisotopic (exact) mass is 308 g/mol. The molecular weight excluding hydrogens is 296 g/mol. The lowest BCUT2D eigenvalue weighted by molar-refractivity contribution is 0.0995. The number of amides is 1. The molecule has 0 bridgehead atoms. The van der Waals surface area contributed by atoms with Crippen molar-refractivity contribution in [3.8, 4) is 0 Å². The minimum atomic E-state index is -0.692. The molecule has 23 heavy (non-hydrogen) atoms. The van der Waals surface area contributed by atoms with Gasteiger partial charge in [0, 0.05) is 12.6 Å². The van der Waals surface area contributed by atoms with Gasteiger partial charge in [-0.1, -0.05) is 6.07 Å². The number of aromatic nitrogens is 2. The van der Waals surface area contributed by atoms with E-state index < -0.39 is 5.91 Å². The number of nitrogens with zero attached hydrogens (tertiary/aromatic N) is 4. The van der Waals surface area contributed by atoms with Crippen LogP contribution in [0.4, 0.5) is 17.1 Å². The minimum Gasteiger partial charge on any atom is -0.364 e. The second-order valence-electron chi connectivity index (χ2n) is 4.79. The molecule has 8 nitrogen and oxygen atoms in total. The number of rotatable bonds is 3. The van der Waals surface area contributed by atoms with E-state index in [2.05, 4.69) is 20.5 Å². The van der Waals surface area contributed by atoms with Crippen molar-refractivity contribution in [2.45, 2.75) is 0 Å². The Morgan fingerprint density at radius 2 is 2.13 bits per heavy atom. The van der Waals surface area contributed by atoms with Crippen LogP contribution in [0.25, 0.3) is 5.70 Å². The summed E-state index contributed by atoms with van der Waals surface area (Å²) in [4.78, 5) is 28.5. The number of carbonyl (C=O) groups excluding carboxylic acids is 2. The quantitative estimate of drug-likeness (QED) is 0.821. The molecule has 114 valence electrons. The van der Waals surface area contributed by atoms with Crippen molar-refractivity contribution in [2.75, 3.05) is 12.4 Å². The van der Waals surface area contributed by atoms with E-state index in [1.807, 2.05) is 5.94 Å². The molecule has 0 fully saturated rings. The first kappa shape index (κ1) is 14.4. The van der Waals surface area contributed by atoms with Gasteiger partial charge in [0.2, 0.25) is 0 Å². The first-order valence-electron chi connectivity index (χ1n) is 6.66. The Bertz CT molecular complexity index is 870. The predicted octanol–water partition coefficient (Wildman–Crippen LogP) is 1.10. The number of anilines is 2. The largest absolute Gasteiger partial charge is 0.364 e. The van der Waals surface area contributed by atoms with Gasteiger partial charge in [-0.15, -0.1) is 5.10 Å². The summed E-state index contributed by atoms with van der Waals surface area (Å²) < 4.78 is 0. The average Bonchev–Trinajstić information content (AvgIpc) is 2.55. The SMILES string of the molecule is CN1C=Nc2c(Nc3ccnnc3C(N)=O)cccc2C1=C=O. The van der Waals surface area contributed by atoms with Gasteiger partial charge < -0.3 is 16.0 Å². The third kappa shape index (κ3) is 2.54. The van der Waals surface area contributed by atoms with Crippen molar-refractivity contribution in [1.82, 2.24) is 15.1 Å². The number of para-hydroxylation sites is 1. The molecule has 0 spiro atoms. The third-order valence-electron chi connectivity index (χ3n) is 3.32. The topological polar surface area (TPSA) is 114 Å². The Kier molecular flexibility index (Phi) is 3.58. The molecule has 0 radical (unpaired) electrons. The summed E-state index contributed by atoms with van der Waals surface area (Å²) >= 11 is 0. The lowest BCUT2D eigenvalue weighted by atomic mass is 10.1. The summed E-state index contributed by atoms with van der Waals surface area (Å²) in [7, 11) is 1.71. The highest BCUT2D eigenvalue weighted by atomic mass is 16.1. The van der Waals surface area contributed by atoms with Crippen LogP contribution in [0.15, 0.2) is 35.5 Å². The fourth-order valence-electron chi connectivity index (χ4n) is 2.25. The Balaban J connectivity index is 2.08. The number of carbonyl (C=O) groups is 1. The zero-order valence-electron chi connectivity index (χ0n) is 12.1. The summed E-state index contributed by atoms with van der Waals surface area (Å²) in [5.41, 5.74) is 7.91. The first-order valence-corrected chi connectivity index (χ1v) is 6.66. The van der Waals surface area contributed by atoms with Gasteiger partial charge in [-0.3, -0.25) is 4.79 Å². The Labute approximate surface area is 131 Å². The van der Waals surface area contributed by atoms with Gasteiger partial charge in [0.05, 0.1) is 29.6 Å². The van der Waals surface area contributed by atoms with E-state index in [0.29, 0.717) is 28.3 Å². The maximum absolute atomic E-state index is 11.4. The van der Waals surface area contributed by atoms with E-state index in [0.717, 1.165) is 0 Å². The highest BCUT2D eigenvalue weighted by Crippen LogP contribution is 2.37. The summed E-state index contributed by atoms with van der Waals surface area (Å²) in [6, 6.07) is 6.90. The second kappa shape index (κ2) is 5.70. The van der Waals surface area contributed by atoms with Gasteiger partial charge >= 0.3 is 0 Å². The van der Waals surface area contributed by atoms with Crippen LogP contribution in [0.3, 0.4) is 0 Å². The molecular formula is C15H12N6O2. The van der Waals surface area contributed by atoms with Crippen molar-refractivity contribution in [3.63, 3.8) is 0 Å². The van der Waals surface area contributed by atoms with Gasteiger partial charge in [-0.2, -0.15) is 5.10 Å². The van der Waals surface area contributed by atoms with Gasteiger partial charge in [0.1, 0.15) is 5.70 Å². The third-order valence-corrected chi connectivity index (χ3v) is 3.32. The lowest BCUT2D eigenvalue weighted by Crippen LogP contribution is -2.19. The summed E-state index contributed by atoms with van der Waals surface area (Å²) in [6.07, 6.45) is 2.96. The number of hydrogen-bond donors (Lipinski definition) is 2. The van der Waals surface area contributed by atoms with Gasteiger partial charge in [-0.25, -0.2) is 9.79 Å². The highest BCUT2D eigenvalue weighted by Gasteiger charge is 2.20. The van der Waals surface area contributed by atoms with Crippen LogP contribution in [0.2, 0.25) is 0 Å². The van der Waals surface area contributed by atoms with Gasteiger partial charge in [0.25, 0.3) is 5.91 Å². The van der Waals surface area contributed by atoms with E-state index in [-0.39, 0.29) is 5.69 Å². The molecule has 8 heteroatoms. The molecule has 1 aromatic carbocycles. The van der Waals surface area contributed by atoms with Crippen molar-refractivity contribution in [3.05, 3.63) is 41.7 Å². The average molecular weight is 308 g/mol. The smallest absolute Gasteiger partial charge is 0.271 e. The van der Waals surface area contributed by atoms with Gasteiger partial charge in [-0.05, 0) is 18.2 Å². The maximum Gasteiger partial charge on any atom is 0.271 e. The van der Waals surface area contributed by atoms with Crippen molar-refractivity contribution in [2.24, 2.45) is 10.7 Å². The van der Waals surface area contributed by atoms with Crippen LogP contribution in [-0.2, 0) is 4.79 Å². The molecule has 1 aromatic heterocycles. The van der Waals surface area contributed by atoms with Crippen LogP contribution in [0.5, 0.6) is 0 Å². The molecule has 3 N–H and O–H groups in total. The first-order chi connectivity index (χ1) is 11.1. The Hall–Kier alpha value is -3.51. The van der Waals surface area contributed by atoms with E-state index in [1.165, 1.54) is 12.5 Å².